The Morgan fingerprint density at radius 3 is 2.48 bits per heavy atom. The van der Waals surface area contributed by atoms with Crippen LogP contribution in [-0.4, -0.2) is 6.61 Å². The van der Waals surface area contributed by atoms with E-state index in [1.54, 1.807) is 6.07 Å². The molecule has 0 saturated carbocycles. The number of benzene rings is 2. The minimum absolute atomic E-state index is 0.118. The van der Waals surface area contributed by atoms with Gasteiger partial charge in [0.05, 0.1) is 18.3 Å². The molecule has 21 heavy (non-hydrogen) atoms. The van der Waals surface area contributed by atoms with Gasteiger partial charge in [-0.05, 0) is 43.2 Å². The van der Waals surface area contributed by atoms with Crippen molar-refractivity contribution < 1.29 is 9.13 Å². The zero-order valence-electron chi connectivity index (χ0n) is 12.2. The van der Waals surface area contributed by atoms with Gasteiger partial charge in [0.15, 0.2) is 0 Å². The molecule has 1 unspecified atom stereocenters. The lowest BCUT2D eigenvalue weighted by molar-refractivity contribution is 0.339. The third-order valence-electron chi connectivity index (χ3n) is 3.25. The second-order valence-corrected chi connectivity index (χ2v) is 5.17. The van der Waals surface area contributed by atoms with Crippen molar-refractivity contribution in [3.63, 3.8) is 0 Å². The number of ether oxygens (including phenoxy) is 1. The topological polar surface area (TPSA) is 21.3 Å². The van der Waals surface area contributed by atoms with Crippen LogP contribution in [0.3, 0.4) is 0 Å². The number of hydrogen-bond donors (Lipinski definition) is 1. The monoisotopic (exact) mass is 307 g/mol. The van der Waals surface area contributed by atoms with Crippen LogP contribution >= 0.6 is 11.6 Å². The first-order valence-corrected chi connectivity index (χ1v) is 7.46. The van der Waals surface area contributed by atoms with E-state index in [1.807, 2.05) is 31.2 Å². The van der Waals surface area contributed by atoms with Crippen LogP contribution in [0.25, 0.3) is 0 Å². The van der Waals surface area contributed by atoms with Crippen LogP contribution in [0.2, 0.25) is 5.02 Å². The first-order valence-electron chi connectivity index (χ1n) is 7.08. The normalized spacial score (nSPS) is 12.0. The summed E-state index contributed by atoms with van der Waals surface area (Å²) in [6.45, 7) is 4.47. The van der Waals surface area contributed by atoms with Gasteiger partial charge in [-0.15, -0.1) is 0 Å². The van der Waals surface area contributed by atoms with Gasteiger partial charge in [-0.2, -0.15) is 0 Å². The molecule has 0 aromatic heterocycles. The summed E-state index contributed by atoms with van der Waals surface area (Å²) in [5.74, 6) is 0.230. The molecule has 0 aliphatic heterocycles. The molecule has 1 atom stereocenters. The fraction of sp³-hybridized carbons (Fsp3) is 0.294. The number of rotatable bonds is 6. The van der Waals surface area contributed by atoms with Crippen molar-refractivity contribution in [2.24, 2.45) is 0 Å². The predicted molar refractivity (Wildman–Crippen MR) is 85.7 cm³/mol. The molecule has 112 valence electrons. The molecule has 0 bridgehead atoms. The first kappa shape index (κ1) is 15.6. The smallest absolute Gasteiger partial charge is 0.145 e. The van der Waals surface area contributed by atoms with Gasteiger partial charge in [-0.25, -0.2) is 4.39 Å². The maximum atomic E-state index is 13.3. The third-order valence-corrected chi connectivity index (χ3v) is 3.51. The minimum atomic E-state index is -0.302. The van der Waals surface area contributed by atoms with E-state index in [1.165, 1.54) is 12.1 Å². The minimum Gasteiger partial charge on any atom is -0.492 e. The highest BCUT2D eigenvalue weighted by molar-refractivity contribution is 6.30. The zero-order chi connectivity index (χ0) is 15.2. The summed E-state index contributed by atoms with van der Waals surface area (Å²) < 4.78 is 18.8. The molecule has 4 heteroatoms. The number of nitrogens with one attached hydrogen (secondary N) is 1. The molecule has 0 saturated heterocycles. The Morgan fingerprint density at radius 1 is 1.14 bits per heavy atom. The van der Waals surface area contributed by atoms with Crippen LogP contribution in [0.5, 0.6) is 5.75 Å². The molecule has 0 spiro atoms. The molecule has 0 aliphatic rings. The maximum absolute atomic E-state index is 13.3. The highest BCUT2D eigenvalue weighted by atomic mass is 35.5. The average Bonchev–Trinajstić information content (AvgIpc) is 2.48. The highest BCUT2D eigenvalue weighted by Crippen LogP contribution is 2.31. The summed E-state index contributed by atoms with van der Waals surface area (Å²) >= 11 is 5.92. The van der Waals surface area contributed by atoms with Crippen molar-refractivity contribution in [1.82, 2.24) is 0 Å². The van der Waals surface area contributed by atoms with E-state index in [0.29, 0.717) is 17.4 Å². The van der Waals surface area contributed by atoms with Crippen LogP contribution in [0.15, 0.2) is 42.5 Å². The standard InChI is InChI=1S/C17H19ClFNO/c1-3-15(12-5-7-13(18)8-6-12)20-16-10-9-14(19)11-17(16)21-4-2/h5-11,15,20H,3-4H2,1-2H3. The average molecular weight is 308 g/mol. The van der Waals surface area contributed by atoms with Crippen molar-refractivity contribution >= 4 is 17.3 Å². The predicted octanol–water partition coefficient (Wildman–Crippen LogP) is 5.44. The van der Waals surface area contributed by atoms with Gasteiger partial charge < -0.3 is 10.1 Å². The van der Waals surface area contributed by atoms with Crippen molar-refractivity contribution in [2.75, 3.05) is 11.9 Å². The molecule has 2 aromatic carbocycles. The summed E-state index contributed by atoms with van der Waals surface area (Å²) in [5, 5.41) is 4.12. The van der Waals surface area contributed by atoms with E-state index in [-0.39, 0.29) is 11.9 Å². The van der Waals surface area contributed by atoms with Crippen LogP contribution in [0.1, 0.15) is 31.9 Å². The zero-order valence-corrected chi connectivity index (χ0v) is 13.0. The fourth-order valence-corrected chi connectivity index (χ4v) is 2.32. The SMILES string of the molecule is CCOc1cc(F)ccc1NC(CC)c1ccc(Cl)cc1. The van der Waals surface area contributed by atoms with Crippen LogP contribution in [-0.2, 0) is 0 Å². The van der Waals surface area contributed by atoms with E-state index < -0.39 is 0 Å². The van der Waals surface area contributed by atoms with Gasteiger partial charge in [0.1, 0.15) is 11.6 Å². The Kier molecular flexibility index (Phi) is 5.45. The number of anilines is 1. The van der Waals surface area contributed by atoms with Crippen molar-refractivity contribution in [1.29, 1.82) is 0 Å². The van der Waals surface area contributed by atoms with Crippen LogP contribution < -0.4 is 10.1 Å². The first-order chi connectivity index (χ1) is 10.1. The quantitative estimate of drug-likeness (QED) is 0.767. The highest BCUT2D eigenvalue weighted by Gasteiger charge is 2.12. The Bertz CT molecular complexity index is 586. The third kappa shape index (κ3) is 4.11. The summed E-state index contributed by atoms with van der Waals surface area (Å²) in [5.41, 5.74) is 1.92. The molecule has 0 aliphatic carbocycles. The van der Waals surface area contributed by atoms with E-state index in [9.17, 15) is 4.39 Å². The molecular weight excluding hydrogens is 289 g/mol. The Balaban J connectivity index is 2.24. The lowest BCUT2D eigenvalue weighted by atomic mass is 10.0. The van der Waals surface area contributed by atoms with Gasteiger partial charge >= 0.3 is 0 Å². The summed E-state index contributed by atoms with van der Waals surface area (Å²) in [6, 6.07) is 12.4. The van der Waals surface area contributed by atoms with Crippen LogP contribution in [0, 0.1) is 5.82 Å². The van der Waals surface area contributed by atoms with Crippen molar-refractivity contribution in [3.8, 4) is 5.75 Å². The molecule has 2 nitrogen and oxygen atoms in total. The second kappa shape index (κ2) is 7.32. The molecule has 0 fully saturated rings. The number of halogens is 2. The molecule has 1 N–H and O–H groups in total. The van der Waals surface area contributed by atoms with E-state index in [2.05, 4.69) is 12.2 Å². The molecule has 0 heterocycles. The van der Waals surface area contributed by atoms with Gasteiger partial charge in [0.25, 0.3) is 0 Å². The number of hydrogen-bond acceptors (Lipinski definition) is 2. The van der Waals surface area contributed by atoms with Crippen LogP contribution in [0.4, 0.5) is 10.1 Å². The van der Waals surface area contributed by atoms with Gasteiger partial charge in [0.2, 0.25) is 0 Å². The summed E-state index contributed by atoms with van der Waals surface area (Å²) in [6.07, 6.45) is 0.893. The largest absolute Gasteiger partial charge is 0.492 e. The summed E-state index contributed by atoms with van der Waals surface area (Å²) in [7, 11) is 0. The molecule has 2 aromatic rings. The van der Waals surface area contributed by atoms with Gasteiger partial charge in [-0.1, -0.05) is 30.7 Å². The summed E-state index contributed by atoms with van der Waals surface area (Å²) in [4.78, 5) is 0. The molecular formula is C17H19ClFNO. The molecule has 0 amide bonds. The lowest BCUT2D eigenvalue weighted by Crippen LogP contribution is -2.11. The Labute approximate surface area is 129 Å². The second-order valence-electron chi connectivity index (χ2n) is 4.73. The Morgan fingerprint density at radius 2 is 1.86 bits per heavy atom. The van der Waals surface area contributed by atoms with E-state index in [0.717, 1.165) is 17.7 Å². The van der Waals surface area contributed by atoms with Crippen molar-refractivity contribution in [3.05, 3.63) is 58.9 Å². The fourth-order valence-electron chi connectivity index (χ4n) is 2.19. The van der Waals surface area contributed by atoms with Crippen molar-refractivity contribution in [2.45, 2.75) is 26.3 Å². The van der Waals surface area contributed by atoms with E-state index in [4.69, 9.17) is 16.3 Å². The maximum Gasteiger partial charge on any atom is 0.145 e. The molecule has 2 rings (SSSR count). The van der Waals surface area contributed by atoms with Gasteiger partial charge in [0, 0.05) is 11.1 Å². The lowest BCUT2D eigenvalue weighted by Gasteiger charge is -2.21. The van der Waals surface area contributed by atoms with E-state index >= 15 is 0 Å². The van der Waals surface area contributed by atoms with Gasteiger partial charge in [-0.3, -0.25) is 0 Å². The molecule has 0 radical (unpaired) electrons. The Hall–Kier alpha value is -1.74.